The number of sulfonamides is 1. The van der Waals surface area contributed by atoms with Crippen molar-refractivity contribution in [3.05, 3.63) is 46.8 Å². The van der Waals surface area contributed by atoms with E-state index >= 15 is 0 Å². The summed E-state index contributed by atoms with van der Waals surface area (Å²) < 4.78 is 26.4. The van der Waals surface area contributed by atoms with Gasteiger partial charge >= 0.3 is 5.97 Å². The molecule has 1 fully saturated rings. The second-order valence-electron chi connectivity index (χ2n) is 7.91. The van der Waals surface area contributed by atoms with Gasteiger partial charge < -0.3 is 10.4 Å². The lowest BCUT2D eigenvalue weighted by Crippen LogP contribution is -2.46. The summed E-state index contributed by atoms with van der Waals surface area (Å²) >= 11 is 0. The molecule has 1 amide bonds. The molecule has 168 valence electrons. The van der Waals surface area contributed by atoms with E-state index in [-0.39, 0.29) is 18.4 Å². The van der Waals surface area contributed by atoms with Crippen LogP contribution < -0.4 is 5.32 Å². The van der Waals surface area contributed by atoms with Crippen LogP contribution in [0.5, 0.6) is 0 Å². The van der Waals surface area contributed by atoms with Crippen LogP contribution in [-0.2, 0) is 21.2 Å². The second kappa shape index (κ2) is 9.19. The van der Waals surface area contributed by atoms with Crippen molar-refractivity contribution in [3.63, 3.8) is 0 Å². The van der Waals surface area contributed by atoms with E-state index in [4.69, 9.17) is 5.11 Å². The van der Waals surface area contributed by atoms with Crippen molar-refractivity contribution in [2.45, 2.75) is 45.6 Å². The third-order valence-corrected chi connectivity index (χ3v) is 6.97. The first-order valence-corrected chi connectivity index (χ1v) is 12.0. The zero-order chi connectivity index (χ0) is 22.8. The number of nitrogens with zero attached hydrogens (tertiary/aromatic N) is 3. The predicted octanol–water partition coefficient (Wildman–Crippen LogP) is 1.66. The van der Waals surface area contributed by atoms with Gasteiger partial charge in [-0.15, -0.1) is 0 Å². The molecule has 0 bridgehead atoms. The number of piperidine rings is 1. The van der Waals surface area contributed by atoms with Crippen LogP contribution in [0, 0.1) is 13.8 Å². The molecule has 2 aromatic rings. The van der Waals surface area contributed by atoms with Crippen LogP contribution in [0.25, 0.3) is 5.69 Å². The molecule has 9 nitrogen and oxygen atoms in total. The van der Waals surface area contributed by atoms with Gasteiger partial charge in [-0.25, -0.2) is 17.4 Å². The Morgan fingerprint density at radius 3 is 2.32 bits per heavy atom. The number of aryl methyl sites for hydroxylation is 1. The first kappa shape index (κ1) is 23.0. The number of hydrogen-bond acceptors (Lipinski definition) is 5. The molecule has 2 heterocycles. The molecule has 31 heavy (non-hydrogen) atoms. The minimum atomic E-state index is -3.19. The smallest absolute Gasteiger partial charge is 0.303 e. The number of amides is 1. The van der Waals surface area contributed by atoms with E-state index in [1.807, 2.05) is 26.0 Å². The van der Waals surface area contributed by atoms with Gasteiger partial charge in [-0.2, -0.15) is 5.10 Å². The summed E-state index contributed by atoms with van der Waals surface area (Å²) in [6.45, 7) is 4.58. The molecule has 0 saturated carbocycles. The third-order valence-electron chi connectivity index (χ3n) is 5.66. The molecule has 0 aliphatic carbocycles. The maximum absolute atomic E-state index is 12.6. The molecule has 10 heteroatoms. The Morgan fingerprint density at radius 2 is 1.77 bits per heavy atom. The summed E-state index contributed by atoms with van der Waals surface area (Å²) in [6.07, 6.45) is 2.84. The Bertz CT molecular complexity index is 1070. The zero-order valence-electron chi connectivity index (χ0n) is 18.0. The minimum absolute atomic E-state index is 0.0512. The van der Waals surface area contributed by atoms with Gasteiger partial charge in [0, 0.05) is 36.8 Å². The molecule has 1 aliphatic heterocycles. The monoisotopic (exact) mass is 448 g/mol. The zero-order valence-corrected chi connectivity index (χ0v) is 18.8. The molecule has 2 N–H and O–H groups in total. The van der Waals surface area contributed by atoms with Crippen molar-refractivity contribution in [2.75, 3.05) is 19.3 Å². The largest absolute Gasteiger partial charge is 0.481 e. The van der Waals surface area contributed by atoms with Crippen molar-refractivity contribution >= 4 is 21.9 Å². The Morgan fingerprint density at radius 1 is 1.16 bits per heavy atom. The van der Waals surface area contributed by atoms with Gasteiger partial charge in [0.1, 0.15) is 0 Å². The van der Waals surface area contributed by atoms with E-state index in [1.54, 1.807) is 16.8 Å². The van der Waals surface area contributed by atoms with Crippen LogP contribution in [0.1, 0.15) is 46.6 Å². The van der Waals surface area contributed by atoms with E-state index in [1.165, 1.54) is 10.6 Å². The number of carbonyl (C=O) groups excluding carboxylic acids is 1. The van der Waals surface area contributed by atoms with Gasteiger partial charge in [-0.05, 0) is 62.9 Å². The van der Waals surface area contributed by atoms with Crippen LogP contribution in [0.2, 0.25) is 0 Å². The Labute approximate surface area is 182 Å². The van der Waals surface area contributed by atoms with E-state index in [9.17, 15) is 18.0 Å². The Balaban J connectivity index is 1.65. The van der Waals surface area contributed by atoms with E-state index in [2.05, 4.69) is 10.4 Å². The van der Waals surface area contributed by atoms with E-state index in [0.29, 0.717) is 37.9 Å². The Hall–Kier alpha value is -2.72. The van der Waals surface area contributed by atoms with Crippen molar-refractivity contribution in [3.8, 4) is 5.69 Å². The van der Waals surface area contributed by atoms with Crippen LogP contribution in [0.4, 0.5) is 0 Å². The van der Waals surface area contributed by atoms with Crippen LogP contribution >= 0.6 is 0 Å². The van der Waals surface area contributed by atoms with Crippen LogP contribution in [-0.4, -0.2) is 64.9 Å². The summed E-state index contributed by atoms with van der Waals surface area (Å²) in [5.74, 6) is -1.04. The summed E-state index contributed by atoms with van der Waals surface area (Å²) in [4.78, 5) is 23.5. The van der Waals surface area contributed by atoms with E-state index < -0.39 is 16.0 Å². The molecular formula is C21H28N4O5S. The molecule has 1 aromatic carbocycles. The molecule has 0 unspecified atom stereocenters. The predicted molar refractivity (Wildman–Crippen MR) is 116 cm³/mol. The number of nitrogens with one attached hydrogen (secondary N) is 1. The maximum atomic E-state index is 12.6. The quantitative estimate of drug-likeness (QED) is 0.664. The number of benzene rings is 1. The van der Waals surface area contributed by atoms with E-state index in [0.717, 1.165) is 22.6 Å². The average molecular weight is 449 g/mol. The number of carboxylic acids is 1. The fraction of sp³-hybridized carbons (Fsp3) is 0.476. The third kappa shape index (κ3) is 5.50. The van der Waals surface area contributed by atoms with Gasteiger partial charge in [-0.3, -0.25) is 9.59 Å². The highest BCUT2D eigenvalue weighted by Gasteiger charge is 2.26. The van der Waals surface area contributed by atoms with Gasteiger partial charge in [0.05, 0.1) is 17.6 Å². The summed E-state index contributed by atoms with van der Waals surface area (Å²) in [5, 5.41) is 16.4. The van der Waals surface area contributed by atoms with Crippen LogP contribution in [0.3, 0.4) is 0 Å². The van der Waals surface area contributed by atoms with Gasteiger partial charge in [0.2, 0.25) is 10.0 Å². The lowest BCUT2D eigenvalue weighted by Gasteiger charge is -2.30. The molecule has 1 aliphatic rings. The lowest BCUT2D eigenvalue weighted by molar-refractivity contribution is -0.136. The van der Waals surface area contributed by atoms with Crippen molar-refractivity contribution < 1.29 is 23.1 Å². The standard InChI is InChI=1S/C21H28N4O5S/c1-14-19(8-9-20(26)27)15(2)25(23-14)18-6-4-16(5-7-18)21(28)22-17-10-12-24(13-11-17)31(3,29)30/h4-7,17H,8-13H2,1-3H3,(H,22,28)(H,26,27). The summed E-state index contributed by atoms with van der Waals surface area (Å²) in [5.41, 5.74) is 3.90. The number of aliphatic carboxylic acids is 1. The number of carboxylic acid groups (broad SMARTS) is 1. The molecule has 3 rings (SSSR count). The van der Waals surface area contributed by atoms with Crippen LogP contribution in [0.15, 0.2) is 24.3 Å². The molecule has 0 radical (unpaired) electrons. The topological polar surface area (TPSA) is 122 Å². The fourth-order valence-corrected chi connectivity index (χ4v) is 4.75. The molecule has 0 atom stereocenters. The SMILES string of the molecule is Cc1nn(-c2ccc(C(=O)NC3CCN(S(C)(=O)=O)CC3)cc2)c(C)c1CCC(=O)O. The number of hydrogen-bond donors (Lipinski definition) is 2. The highest BCUT2D eigenvalue weighted by molar-refractivity contribution is 7.88. The highest BCUT2D eigenvalue weighted by atomic mass is 32.2. The van der Waals surface area contributed by atoms with Gasteiger partial charge in [0.15, 0.2) is 0 Å². The van der Waals surface area contributed by atoms with Crippen molar-refractivity contribution in [2.24, 2.45) is 0 Å². The molecule has 0 spiro atoms. The Kier molecular flexibility index (Phi) is 6.80. The molecule has 1 saturated heterocycles. The van der Waals surface area contributed by atoms with Gasteiger partial charge in [-0.1, -0.05) is 0 Å². The average Bonchev–Trinajstić information content (AvgIpc) is 2.99. The molecular weight excluding hydrogens is 420 g/mol. The first-order valence-electron chi connectivity index (χ1n) is 10.2. The number of carbonyl (C=O) groups is 2. The van der Waals surface area contributed by atoms with Gasteiger partial charge in [0.25, 0.3) is 5.91 Å². The first-order chi connectivity index (χ1) is 14.6. The minimum Gasteiger partial charge on any atom is -0.481 e. The maximum Gasteiger partial charge on any atom is 0.303 e. The molecule has 1 aromatic heterocycles. The normalized spacial score (nSPS) is 15.7. The lowest BCUT2D eigenvalue weighted by atomic mass is 10.1. The number of aromatic nitrogens is 2. The van der Waals surface area contributed by atoms with Crippen molar-refractivity contribution in [1.82, 2.24) is 19.4 Å². The number of rotatable bonds is 7. The second-order valence-corrected chi connectivity index (χ2v) is 9.89. The van der Waals surface area contributed by atoms with Crippen molar-refractivity contribution in [1.29, 1.82) is 0 Å². The highest BCUT2D eigenvalue weighted by Crippen LogP contribution is 2.20. The fourth-order valence-electron chi connectivity index (χ4n) is 3.87. The summed E-state index contributed by atoms with van der Waals surface area (Å²) in [7, 11) is -3.19. The summed E-state index contributed by atoms with van der Waals surface area (Å²) in [6, 6.07) is 7.01.